The zero-order valence-electron chi connectivity index (χ0n) is 5.00. The molecule has 0 heterocycles. The summed E-state index contributed by atoms with van der Waals surface area (Å²) in [7, 11) is 0. The van der Waals surface area contributed by atoms with Crippen LogP contribution >= 0.6 is 0 Å². The Hall–Kier alpha value is -1.19. The topological polar surface area (TPSA) is 88.7 Å². The summed E-state index contributed by atoms with van der Waals surface area (Å²) in [6.07, 6.45) is 0.298. The summed E-state index contributed by atoms with van der Waals surface area (Å²) >= 11 is 0. The molecule has 0 atom stereocenters. The van der Waals surface area contributed by atoms with Crippen LogP contribution in [0.3, 0.4) is 0 Å². The summed E-state index contributed by atoms with van der Waals surface area (Å²) in [5.74, 6) is 3.68. The molecule has 2 N–H and O–H groups in total. The van der Waals surface area contributed by atoms with Crippen LogP contribution in [0.5, 0.6) is 0 Å². The summed E-state index contributed by atoms with van der Waals surface area (Å²) in [6, 6.07) is 0. The Bertz CT molecular complexity index is 159. The van der Waals surface area contributed by atoms with Crippen LogP contribution < -0.4 is 5.90 Å². The van der Waals surface area contributed by atoms with Gasteiger partial charge in [0.1, 0.15) is 0 Å². The van der Waals surface area contributed by atoms with Gasteiger partial charge in [-0.25, -0.2) is 4.79 Å². The molecule has 0 fully saturated rings. The minimum absolute atomic E-state index is 0.0856. The minimum atomic E-state index is -0.806. The summed E-state index contributed by atoms with van der Waals surface area (Å²) in [5.41, 5.74) is 7.97. The van der Waals surface area contributed by atoms with Gasteiger partial charge in [-0.3, -0.25) is 0 Å². The summed E-state index contributed by atoms with van der Waals surface area (Å²) < 4.78 is 0. The third-order valence-electron chi connectivity index (χ3n) is 0.798. The smallest absolute Gasteiger partial charge is 0.365 e. The highest BCUT2D eigenvalue weighted by Crippen LogP contribution is 1.81. The average molecular weight is 129 g/mol. The Balaban J connectivity index is 4.14. The van der Waals surface area contributed by atoms with Gasteiger partial charge in [-0.05, 0) is 0 Å². The van der Waals surface area contributed by atoms with Gasteiger partial charge >= 0.3 is 11.7 Å². The van der Waals surface area contributed by atoms with Crippen molar-refractivity contribution in [3.8, 4) is 0 Å². The number of nitrogens with zero attached hydrogens (tertiary/aromatic N) is 2. The maximum atomic E-state index is 10.3. The molecule has 0 bridgehead atoms. The van der Waals surface area contributed by atoms with Crippen LogP contribution in [-0.2, 0) is 9.63 Å². The number of carbonyl (C=O) groups excluding carboxylic acids is 1. The van der Waals surface area contributed by atoms with Crippen LogP contribution in [0.2, 0.25) is 0 Å². The van der Waals surface area contributed by atoms with Crippen molar-refractivity contribution < 1.29 is 14.4 Å². The Labute approximate surface area is 52.0 Å². The number of rotatable bonds is 2. The second-order valence-electron chi connectivity index (χ2n) is 1.31. The van der Waals surface area contributed by atoms with Crippen molar-refractivity contribution >= 4 is 11.7 Å². The quantitative estimate of drug-likeness (QED) is 0.235. The monoisotopic (exact) mass is 129 g/mol. The first-order valence-electron chi connectivity index (χ1n) is 2.38. The van der Waals surface area contributed by atoms with Gasteiger partial charge in [-0.1, -0.05) is 6.92 Å². The molecule has 0 spiro atoms. The van der Waals surface area contributed by atoms with Gasteiger partial charge in [0.05, 0.1) is 6.42 Å². The standard InChI is InChI=1S/C4H7N3O2/c1-2-3(7-5)4(8)9-6/h2,6H2,1H3. The summed E-state index contributed by atoms with van der Waals surface area (Å²) in [6.45, 7) is 1.64. The van der Waals surface area contributed by atoms with Crippen molar-refractivity contribution in [3.05, 3.63) is 5.53 Å². The van der Waals surface area contributed by atoms with E-state index < -0.39 is 5.97 Å². The molecule has 0 unspecified atom stereocenters. The van der Waals surface area contributed by atoms with E-state index in [1.165, 1.54) is 0 Å². The predicted molar refractivity (Wildman–Crippen MR) is 29.2 cm³/mol. The van der Waals surface area contributed by atoms with Gasteiger partial charge in [-0.2, -0.15) is 10.7 Å². The lowest BCUT2D eigenvalue weighted by Crippen LogP contribution is -2.20. The van der Waals surface area contributed by atoms with Gasteiger partial charge in [0.15, 0.2) is 0 Å². The number of hydrogen-bond acceptors (Lipinski definition) is 3. The molecular formula is C4H7N3O2. The maximum absolute atomic E-state index is 10.3. The fourth-order valence-electron chi connectivity index (χ4n) is 0.324. The van der Waals surface area contributed by atoms with Gasteiger partial charge in [0.25, 0.3) is 0 Å². The Morgan fingerprint density at radius 1 is 1.89 bits per heavy atom. The van der Waals surface area contributed by atoms with Crippen LogP contribution in [0.25, 0.3) is 5.53 Å². The molecule has 0 aliphatic heterocycles. The van der Waals surface area contributed by atoms with E-state index in [4.69, 9.17) is 5.53 Å². The molecule has 5 heteroatoms. The fraction of sp³-hybridized carbons (Fsp3) is 0.500. The van der Waals surface area contributed by atoms with E-state index in [9.17, 15) is 4.79 Å². The Kier molecular flexibility index (Phi) is 3.27. The third-order valence-corrected chi connectivity index (χ3v) is 0.798. The number of hydrogen-bond donors (Lipinski definition) is 1. The van der Waals surface area contributed by atoms with Crippen molar-refractivity contribution in [1.29, 1.82) is 0 Å². The average Bonchev–Trinajstić information content (AvgIpc) is 1.90. The van der Waals surface area contributed by atoms with Crippen LogP contribution in [0.15, 0.2) is 0 Å². The van der Waals surface area contributed by atoms with Gasteiger partial charge in [0, 0.05) is 0 Å². The van der Waals surface area contributed by atoms with Crippen LogP contribution in [0, 0.1) is 0 Å². The minimum Gasteiger partial charge on any atom is -0.365 e. The first-order valence-corrected chi connectivity index (χ1v) is 2.38. The zero-order chi connectivity index (χ0) is 7.28. The van der Waals surface area contributed by atoms with E-state index in [-0.39, 0.29) is 5.71 Å². The molecule has 50 valence electrons. The molecule has 0 aromatic rings. The highest BCUT2D eigenvalue weighted by Gasteiger charge is 2.17. The molecule has 0 saturated heterocycles. The Morgan fingerprint density at radius 3 is 2.56 bits per heavy atom. The fourth-order valence-corrected chi connectivity index (χ4v) is 0.324. The zero-order valence-corrected chi connectivity index (χ0v) is 5.00. The normalized spacial score (nSPS) is 7.78. The second-order valence-corrected chi connectivity index (χ2v) is 1.31. The molecule has 9 heavy (non-hydrogen) atoms. The Morgan fingerprint density at radius 2 is 2.44 bits per heavy atom. The molecule has 0 saturated carbocycles. The van der Waals surface area contributed by atoms with Gasteiger partial charge in [-0.15, -0.1) is 0 Å². The molecule has 0 aromatic heterocycles. The third kappa shape index (κ3) is 2.03. The van der Waals surface area contributed by atoms with E-state index in [0.717, 1.165) is 0 Å². The van der Waals surface area contributed by atoms with Crippen LogP contribution in [-0.4, -0.2) is 16.5 Å². The molecule has 0 aliphatic rings. The second kappa shape index (κ2) is 3.77. The van der Waals surface area contributed by atoms with Crippen molar-refractivity contribution in [1.82, 2.24) is 0 Å². The van der Waals surface area contributed by atoms with Gasteiger partial charge < -0.3 is 10.4 Å². The molecule has 5 nitrogen and oxygen atoms in total. The van der Waals surface area contributed by atoms with Crippen molar-refractivity contribution in [2.24, 2.45) is 5.90 Å². The largest absolute Gasteiger partial charge is 0.435 e. The highest BCUT2D eigenvalue weighted by molar-refractivity contribution is 6.33. The first-order chi connectivity index (χ1) is 4.26. The maximum Gasteiger partial charge on any atom is 0.435 e. The van der Waals surface area contributed by atoms with E-state index >= 15 is 0 Å². The molecule has 0 aliphatic carbocycles. The molecule has 0 radical (unpaired) electrons. The van der Waals surface area contributed by atoms with E-state index in [0.29, 0.717) is 6.42 Å². The first kappa shape index (κ1) is 7.81. The van der Waals surface area contributed by atoms with Gasteiger partial charge in [0.2, 0.25) is 0 Å². The summed E-state index contributed by atoms with van der Waals surface area (Å²) in [4.78, 5) is 16.7. The molecule has 0 aromatic carbocycles. The molecule has 0 amide bonds. The van der Waals surface area contributed by atoms with Crippen LogP contribution in [0.1, 0.15) is 13.3 Å². The van der Waals surface area contributed by atoms with Crippen LogP contribution in [0.4, 0.5) is 0 Å². The van der Waals surface area contributed by atoms with Crippen molar-refractivity contribution in [2.45, 2.75) is 13.3 Å². The SMILES string of the molecule is CCC(=[N+]=[N-])C(=O)ON. The molecule has 0 rings (SSSR count). The number of nitrogens with two attached hydrogens (primary N) is 1. The lowest BCUT2D eigenvalue weighted by Gasteiger charge is -1.86. The van der Waals surface area contributed by atoms with E-state index in [1.54, 1.807) is 6.92 Å². The summed E-state index contributed by atoms with van der Waals surface area (Å²) in [5, 5.41) is 0. The molecular weight excluding hydrogens is 122 g/mol. The lowest BCUT2D eigenvalue weighted by atomic mass is 10.3. The van der Waals surface area contributed by atoms with Crippen molar-refractivity contribution in [3.63, 3.8) is 0 Å². The van der Waals surface area contributed by atoms with E-state index in [1.807, 2.05) is 0 Å². The van der Waals surface area contributed by atoms with E-state index in [2.05, 4.69) is 15.5 Å². The highest BCUT2D eigenvalue weighted by atomic mass is 16.7. The number of carbonyl (C=O) groups is 1. The predicted octanol–water partition coefficient (Wildman–Crippen LogP) is -0.516. The van der Waals surface area contributed by atoms with Crippen molar-refractivity contribution in [2.75, 3.05) is 0 Å². The lowest BCUT2D eigenvalue weighted by molar-refractivity contribution is -0.141.